The lowest BCUT2D eigenvalue weighted by Gasteiger charge is -2.15. The van der Waals surface area contributed by atoms with Gasteiger partial charge in [0.05, 0.1) is 11.6 Å². The standard InChI is InChI=1S/C21H19BrFNO2/c1-25-20-12-15(13-24-17-8-3-2-4-9-17)11-18(22)21(20)26-14-16-7-5-6-10-19(16)23/h2-12,24H,13-14H2,1H3. The average Bonchev–Trinajstić information content (AvgIpc) is 2.67. The Morgan fingerprint density at radius 1 is 1.00 bits per heavy atom. The summed E-state index contributed by atoms with van der Waals surface area (Å²) in [6.45, 7) is 0.774. The van der Waals surface area contributed by atoms with E-state index in [4.69, 9.17) is 9.47 Å². The Labute approximate surface area is 160 Å². The van der Waals surface area contributed by atoms with Gasteiger partial charge in [-0.05, 0) is 51.8 Å². The van der Waals surface area contributed by atoms with Crippen molar-refractivity contribution < 1.29 is 13.9 Å². The second-order valence-electron chi connectivity index (χ2n) is 5.71. The molecule has 0 amide bonds. The molecule has 0 aliphatic heterocycles. The molecule has 3 rings (SSSR count). The van der Waals surface area contributed by atoms with Crippen LogP contribution in [0.2, 0.25) is 0 Å². The highest BCUT2D eigenvalue weighted by Gasteiger charge is 2.13. The van der Waals surface area contributed by atoms with Crippen molar-refractivity contribution in [3.05, 3.63) is 88.1 Å². The Balaban J connectivity index is 1.73. The Morgan fingerprint density at radius 2 is 1.73 bits per heavy atom. The van der Waals surface area contributed by atoms with Crippen LogP contribution >= 0.6 is 15.9 Å². The van der Waals surface area contributed by atoms with Crippen LogP contribution in [0.3, 0.4) is 0 Å². The molecule has 0 aliphatic carbocycles. The largest absolute Gasteiger partial charge is 0.493 e. The lowest BCUT2D eigenvalue weighted by atomic mass is 10.2. The molecular formula is C21H19BrFNO2. The maximum absolute atomic E-state index is 13.8. The Hall–Kier alpha value is -2.53. The molecule has 1 N–H and O–H groups in total. The van der Waals surface area contributed by atoms with E-state index in [2.05, 4.69) is 21.2 Å². The Bertz CT molecular complexity index is 871. The quantitative estimate of drug-likeness (QED) is 0.529. The molecule has 3 aromatic carbocycles. The minimum absolute atomic E-state index is 0.128. The normalized spacial score (nSPS) is 10.4. The van der Waals surface area contributed by atoms with Crippen LogP contribution in [0.5, 0.6) is 11.5 Å². The number of rotatable bonds is 7. The SMILES string of the molecule is COc1cc(CNc2ccccc2)cc(Br)c1OCc1ccccc1F. The number of hydrogen-bond donors (Lipinski definition) is 1. The van der Waals surface area contributed by atoms with E-state index in [0.29, 0.717) is 23.6 Å². The number of ether oxygens (including phenoxy) is 2. The number of hydrogen-bond acceptors (Lipinski definition) is 3. The van der Waals surface area contributed by atoms with Gasteiger partial charge in [-0.1, -0.05) is 36.4 Å². The van der Waals surface area contributed by atoms with Crippen molar-refractivity contribution in [2.75, 3.05) is 12.4 Å². The molecule has 3 nitrogen and oxygen atoms in total. The molecule has 0 fully saturated rings. The number of para-hydroxylation sites is 1. The van der Waals surface area contributed by atoms with Crippen molar-refractivity contribution in [3.8, 4) is 11.5 Å². The predicted molar refractivity (Wildman–Crippen MR) is 105 cm³/mol. The van der Waals surface area contributed by atoms with Crippen LogP contribution in [0.15, 0.2) is 71.2 Å². The van der Waals surface area contributed by atoms with Crippen molar-refractivity contribution in [2.45, 2.75) is 13.2 Å². The molecular weight excluding hydrogens is 397 g/mol. The van der Waals surface area contributed by atoms with Crippen LogP contribution in [0.4, 0.5) is 10.1 Å². The molecule has 0 aromatic heterocycles. The zero-order valence-electron chi connectivity index (χ0n) is 14.3. The minimum atomic E-state index is -0.286. The summed E-state index contributed by atoms with van der Waals surface area (Å²) in [5, 5.41) is 3.36. The van der Waals surface area contributed by atoms with Gasteiger partial charge in [0, 0.05) is 17.8 Å². The van der Waals surface area contributed by atoms with E-state index in [0.717, 1.165) is 15.7 Å². The molecule has 3 aromatic rings. The van der Waals surface area contributed by atoms with Gasteiger partial charge in [0.2, 0.25) is 0 Å². The molecule has 0 aliphatic rings. The zero-order chi connectivity index (χ0) is 18.4. The Kier molecular flexibility index (Phi) is 6.12. The number of nitrogens with one attached hydrogen (secondary N) is 1. The minimum Gasteiger partial charge on any atom is -0.493 e. The molecule has 0 unspecified atom stereocenters. The number of halogens is 2. The molecule has 26 heavy (non-hydrogen) atoms. The van der Waals surface area contributed by atoms with E-state index in [1.54, 1.807) is 25.3 Å². The second-order valence-corrected chi connectivity index (χ2v) is 6.56. The van der Waals surface area contributed by atoms with E-state index in [-0.39, 0.29) is 12.4 Å². The summed E-state index contributed by atoms with van der Waals surface area (Å²) < 4.78 is 25.8. The fourth-order valence-corrected chi connectivity index (χ4v) is 3.14. The molecule has 134 valence electrons. The van der Waals surface area contributed by atoms with Crippen LogP contribution < -0.4 is 14.8 Å². The smallest absolute Gasteiger partial charge is 0.175 e. The van der Waals surface area contributed by atoms with Crippen molar-refractivity contribution in [2.24, 2.45) is 0 Å². The van der Waals surface area contributed by atoms with Gasteiger partial charge in [0.1, 0.15) is 12.4 Å². The van der Waals surface area contributed by atoms with Crippen molar-refractivity contribution in [1.82, 2.24) is 0 Å². The number of anilines is 1. The summed E-state index contributed by atoms with van der Waals surface area (Å²) in [5.74, 6) is 0.867. The van der Waals surface area contributed by atoms with E-state index < -0.39 is 0 Å². The molecule has 0 bridgehead atoms. The van der Waals surface area contributed by atoms with Crippen LogP contribution in [0.25, 0.3) is 0 Å². The topological polar surface area (TPSA) is 30.5 Å². The molecule has 0 heterocycles. The molecule has 0 atom stereocenters. The van der Waals surface area contributed by atoms with E-state index >= 15 is 0 Å². The maximum Gasteiger partial charge on any atom is 0.175 e. The zero-order valence-corrected chi connectivity index (χ0v) is 15.9. The highest BCUT2D eigenvalue weighted by molar-refractivity contribution is 9.10. The maximum atomic E-state index is 13.8. The highest BCUT2D eigenvalue weighted by Crippen LogP contribution is 2.37. The third-order valence-corrected chi connectivity index (χ3v) is 4.48. The summed E-state index contributed by atoms with van der Waals surface area (Å²) in [6, 6.07) is 20.4. The van der Waals surface area contributed by atoms with Crippen LogP contribution in [0, 0.1) is 5.82 Å². The monoisotopic (exact) mass is 415 g/mol. The lowest BCUT2D eigenvalue weighted by molar-refractivity contribution is 0.277. The van der Waals surface area contributed by atoms with Gasteiger partial charge >= 0.3 is 0 Å². The molecule has 0 saturated heterocycles. The highest BCUT2D eigenvalue weighted by atomic mass is 79.9. The molecule has 0 spiro atoms. The summed E-state index contributed by atoms with van der Waals surface area (Å²) in [5.41, 5.74) is 2.58. The van der Waals surface area contributed by atoms with Gasteiger partial charge in [0.15, 0.2) is 11.5 Å². The van der Waals surface area contributed by atoms with Gasteiger partial charge in [-0.3, -0.25) is 0 Å². The van der Waals surface area contributed by atoms with Gasteiger partial charge in [-0.15, -0.1) is 0 Å². The fraction of sp³-hybridized carbons (Fsp3) is 0.143. The van der Waals surface area contributed by atoms with Gasteiger partial charge in [0.25, 0.3) is 0 Å². The molecule has 5 heteroatoms. The second kappa shape index (κ2) is 8.72. The number of benzene rings is 3. The van der Waals surface area contributed by atoms with Crippen LogP contribution in [0.1, 0.15) is 11.1 Å². The van der Waals surface area contributed by atoms with Crippen molar-refractivity contribution in [1.29, 1.82) is 0 Å². The van der Waals surface area contributed by atoms with Crippen molar-refractivity contribution >= 4 is 21.6 Å². The summed E-state index contributed by atoms with van der Waals surface area (Å²) >= 11 is 3.53. The van der Waals surface area contributed by atoms with E-state index in [9.17, 15) is 4.39 Å². The molecule has 0 saturated carbocycles. The first kappa shape index (κ1) is 18.3. The van der Waals surface area contributed by atoms with E-state index in [1.807, 2.05) is 42.5 Å². The molecule has 0 radical (unpaired) electrons. The average molecular weight is 416 g/mol. The van der Waals surface area contributed by atoms with Gasteiger partial charge < -0.3 is 14.8 Å². The summed E-state index contributed by atoms with van der Waals surface area (Å²) in [6.07, 6.45) is 0. The van der Waals surface area contributed by atoms with Crippen LogP contribution in [-0.2, 0) is 13.2 Å². The Morgan fingerprint density at radius 3 is 2.46 bits per heavy atom. The fourth-order valence-electron chi connectivity index (χ4n) is 2.54. The summed E-state index contributed by atoms with van der Waals surface area (Å²) in [7, 11) is 1.59. The van der Waals surface area contributed by atoms with Gasteiger partial charge in [-0.2, -0.15) is 0 Å². The lowest BCUT2D eigenvalue weighted by Crippen LogP contribution is -2.03. The van der Waals surface area contributed by atoms with Gasteiger partial charge in [-0.25, -0.2) is 4.39 Å². The predicted octanol–water partition coefficient (Wildman–Crippen LogP) is 5.79. The van der Waals surface area contributed by atoms with Crippen molar-refractivity contribution in [3.63, 3.8) is 0 Å². The first-order chi connectivity index (χ1) is 12.7. The number of methoxy groups -OCH3 is 1. The summed E-state index contributed by atoms with van der Waals surface area (Å²) in [4.78, 5) is 0. The first-order valence-electron chi connectivity index (χ1n) is 8.19. The van der Waals surface area contributed by atoms with Crippen LogP contribution in [-0.4, -0.2) is 7.11 Å². The third-order valence-electron chi connectivity index (χ3n) is 3.89. The van der Waals surface area contributed by atoms with E-state index in [1.165, 1.54) is 6.07 Å². The first-order valence-corrected chi connectivity index (χ1v) is 8.98. The third kappa shape index (κ3) is 4.55.